The summed E-state index contributed by atoms with van der Waals surface area (Å²) < 4.78 is 5.34. The molecule has 1 unspecified atom stereocenters. The summed E-state index contributed by atoms with van der Waals surface area (Å²) in [5, 5.41) is 9.05. The van der Waals surface area contributed by atoms with Gasteiger partial charge in [0.2, 0.25) is 0 Å². The smallest absolute Gasteiger partial charge is 0.122 e. The summed E-state index contributed by atoms with van der Waals surface area (Å²) in [5.74, 6) is 0.862. The Morgan fingerprint density at radius 3 is 2.44 bits per heavy atom. The number of hydrogen-bond acceptors (Lipinski definition) is 3. The van der Waals surface area contributed by atoms with Gasteiger partial charge in [-0.2, -0.15) is 0 Å². The minimum Gasteiger partial charge on any atom is -0.496 e. The molecule has 3 heteroatoms. The molecule has 0 radical (unpaired) electrons. The quantitative estimate of drug-likeness (QED) is 0.824. The lowest BCUT2D eigenvalue weighted by Gasteiger charge is -2.23. The molecular weight excluding hydrogens is 202 g/mol. The predicted molar refractivity (Wildman–Crippen MR) is 65.7 cm³/mol. The van der Waals surface area contributed by atoms with Crippen molar-refractivity contribution in [2.75, 3.05) is 13.7 Å². The summed E-state index contributed by atoms with van der Waals surface area (Å²) in [5.41, 5.74) is 7.85. The van der Waals surface area contributed by atoms with Crippen LogP contribution in [0.15, 0.2) is 18.2 Å². The Balaban J connectivity index is 3.22. The summed E-state index contributed by atoms with van der Waals surface area (Å²) >= 11 is 0. The molecule has 0 bridgehead atoms. The van der Waals surface area contributed by atoms with Crippen molar-refractivity contribution in [3.05, 3.63) is 29.3 Å². The number of benzene rings is 1. The van der Waals surface area contributed by atoms with Crippen molar-refractivity contribution in [2.45, 2.75) is 32.2 Å². The van der Waals surface area contributed by atoms with E-state index in [0.29, 0.717) is 0 Å². The zero-order valence-corrected chi connectivity index (χ0v) is 10.4. The van der Waals surface area contributed by atoms with Crippen LogP contribution in [0.5, 0.6) is 5.75 Å². The first kappa shape index (κ1) is 13.0. The number of hydrogen-bond donors (Lipinski definition) is 2. The molecule has 0 spiro atoms. The maximum Gasteiger partial charge on any atom is 0.122 e. The molecule has 0 fully saturated rings. The van der Waals surface area contributed by atoms with Crippen molar-refractivity contribution < 1.29 is 9.84 Å². The Morgan fingerprint density at radius 2 is 2.00 bits per heavy atom. The SMILES string of the molecule is COc1ccc(C(N)CO)cc1C(C)(C)C. The molecule has 0 aliphatic rings. The van der Waals surface area contributed by atoms with Crippen LogP contribution in [0, 0.1) is 0 Å². The summed E-state index contributed by atoms with van der Waals surface area (Å²) in [6.45, 7) is 6.33. The van der Waals surface area contributed by atoms with Gasteiger partial charge < -0.3 is 15.6 Å². The van der Waals surface area contributed by atoms with E-state index in [4.69, 9.17) is 15.6 Å². The maximum atomic E-state index is 9.05. The molecule has 1 aromatic rings. The first-order valence-corrected chi connectivity index (χ1v) is 5.45. The minimum absolute atomic E-state index is 0.00344. The van der Waals surface area contributed by atoms with Gasteiger partial charge in [-0.05, 0) is 28.7 Å². The molecule has 0 saturated carbocycles. The molecule has 3 N–H and O–H groups in total. The van der Waals surface area contributed by atoms with Gasteiger partial charge in [-0.1, -0.05) is 26.8 Å². The normalized spacial score (nSPS) is 13.6. The maximum absolute atomic E-state index is 9.05. The second-order valence-corrected chi connectivity index (χ2v) is 5.00. The van der Waals surface area contributed by atoms with Crippen LogP contribution in [0.4, 0.5) is 0 Å². The topological polar surface area (TPSA) is 55.5 Å². The second kappa shape index (κ2) is 4.85. The monoisotopic (exact) mass is 223 g/mol. The Labute approximate surface area is 97.2 Å². The van der Waals surface area contributed by atoms with Gasteiger partial charge in [-0.25, -0.2) is 0 Å². The lowest BCUT2D eigenvalue weighted by Crippen LogP contribution is -2.18. The molecule has 0 heterocycles. The molecule has 0 amide bonds. The molecule has 1 aromatic carbocycles. The average molecular weight is 223 g/mol. The molecule has 16 heavy (non-hydrogen) atoms. The number of rotatable bonds is 3. The number of ether oxygens (including phenoxy) is 1. The standard InChI is InChI=1S/C13H21NO2/c1-13(2,3)10-7-9(11(14)8-15)5-6-12(10)16-4/h5-7,11,15H,8,14H2,1-4H3. The fourth-order valence-corrected chi connectivity index (χ4v) is 1.65. The predicted octanol–water partition coefficient (Wildman–Crippen LogP) is 1.98. The molecule has 3 nitrogen and oxygen atoms in total. The van der Waals surface area contributed by atoms with E-state index in [0.717, 1.165) is 16.9 Å². The van der Waals surface area contributed by atoms with Crippen LogP contribution in [0.1, 0.15) is 37.9 Å². The van der Waals surface area contributed by atoms with E-state index in [2.05, 4.69) is 20.8 Å². The molecule has 0 aromatic heterocycles. The first-order chi connectivity index (χ1) is 7.40. The second-order valence-electron chi connectivity index (χ2n) is 5.00. The van der Waals surface area contributed by atoms with Crippen LogP contribution >= 0.6 is 0 Å². The summed E-state index contributed by atoms with van der Waals surface area (Å²) in [4.78, 5) is 0. The van der Waals surface area contributed by atoms with E-state index in [1.165, 1.54) is 0 Å². The third-order valence-corrected chi connectivity index (χ3v) is 2.66. The molecule has 0 aliphatic carbocycles. The Morgan fingerprint density at radius 1 is 1.38 bits per heavy atom. The van der Waals surface area contributed by atoms with E-state index < -0.39 is 0 Å². The third kappa shape index (κ3) is 2.74. The zero-order chi connectivity index (χ0) is 12.3. The Hall–Kier alpha value is -1.06. The van der Waals surface area contributed by atoms with Crippen LogP contribution in [-0.2, 0) is 5.41 Å². The number of aliphatic hydroxyl groups excluding tert-OH is 1. The van der Waals surface area contributed by atoms with Crippen molar-refractivity contribution in [1.29, 1.82) is 0 Å². The van der Waals surface area contributed by atoms with E-state index in [1.54, 1.807) is 7.11 Å². The van der Waals surface area contributed by atoms with E-state index >= 15 is 0 Å². The molecule has 0 saturated heterocycles. The number of aliphatic hydroxyl groups is 1. The highest BCUT2D eigenvalue weighted by Crippen LogP contribution is 2.32. The highest BCUT2D eigenvalue weighted by atomic mass is 16.5. The van der Waals surface area contributed by atoms with Crippen LogP contribution in [0.3, 0.4) is 0 Å². The number of nitrogens with two attached hydrogens (primary N) is 1. The third-order valence-electron chi connectivity index (χ3n) is 2.66. The zero-order valence-electron chi connectivity index (χ0n) is 10.4. The van der Waals surface area contributed by atoms with E-state index in [9.17, 15) is 0 Å². The van der Waals surface area contributed by atoms with Crippen LogP contribution in [0.25, 0.3) is 0 Å². The van der Waals surface area contributed by atoms with Gasteiger partial charge in [0.1, 0.15) is 5.75 Å². The van der Waals surface area contributed by atoms with Gasteiger partial charge in [-0.15, -0.1) is 0 Å². The highest BCUT2D eigenvalue weighted by molar-refractivity contribution is 5.42. The summed E-state index contributed by atoms with van der Waals surface area (Å²) in [6, 6.07) is 5.49. The van der Waals surface area contributed by atoms with Gasteiger partial charge >= 0.3 is 0 Å². The fraction of sp³-hybridized carbons (Fsp3) is 0.538. The van der Waals surface area contributed by atoms with Gasteiger partial charge in [0.05, 0.1) is 19.8 Å². The Bertz CT molecular complexity index is 355. The van der Waals surface area contributed by atoms with Gasteiger partial charge in [0.15, 0.2) is 0 Å². The van der Waals surface area contributed by atoms with E-state index in [1.807, 2.05) is 18.2 Å². The average Bonchev–Trinajstić information content (AvgIpc) is 2.26. The van der Waals surface area contributed by atoms with Crippen molar-refractivity contribution in [3.63, 3.8) is 0 Å². The lowest BCUT2D eigenvalue weighted by atomic mass is 9.84. The first-order valence-electron chi connectivity index (χ1n) is 5.45. The van der Waals surface area contributed by atoms with Crippen molar-refractivity contribution >= 4 is 0 Å². The van der Waals surface area contributed by atoms with Gasteiger partial charge in [0.25, 0.3) is 0 Å². The van der Waals surface area contributed by atoms with Crippen molar-refractivity contribution in [1.82, 2.24) is 0 Å². The molecule has 1 atom stereocenters. The fourth-order valence-electron chi connectivity index (χ4n) is 1.65. The molecule has 0 aliphatic heterocycles. The molecule has 1 rings (SSSR count). The lowest BCUT2D eigenvalue weighted by molar-refractivity contribution is 0.267. The van der Waals surface area contributed by atoms with Crippen LogP contribution in [0.2, 0.25) is 0 Å². The molecule has 90 valence electrons. The van der Waals surface area contributed by atoms with Gasteiger partial charge in [-0.3, -0.25) is 0 Å². The summed E-state index contributed by atoms with van der Waals surface area (Å²) in [6.07, 6.45) is 0. The van der Waals surface area contributed by atoms with Crippen LogP contribution < -0.4 is 10.5 Å². The highest BCUT2D eigenvalue weighted by Gasteiger charge is 2.20. The summed E-state index contributed by atoms with van der Waals surface area (Å²) in [7, 11) is 1.66. The van der Waals surface area contributed by atoms with Gasteiger partial charge in [0, 0.05) is 0 Å². The largest absolute Gasteiger partial charge is 0.496 e. The molecular formula is C13H21NO2. The van der Waals surface area contributed by atoms with Crippen molar-refractivity contribution in [2.24, 2.45) is 5.73 Å². The van der Waals surface area contributed by atoms with E-state index in [-0.39, 0.29) is 18.1 Å². The van der Waals surface area contributed by atoms with Crippen LogP contribution in [-0.4, -0.2) is 18.8 Å². The van der Waals surface area contributed by atoms with Crippen molar-refractivity contribution in [3.8, 4) is 5.75 Å². The Kier molecular flexibility index (Phi) is 3.94. The number of methoxy groups -OCH3 is 1. The minimum atomic E-state index is -0.327.